The zero-order valence-electron chi connectivity index (χ0n) is 11.6. The van der Waals surface area contributed by atoms with E-state index >= 15 is 0 Å². The highest BCUT2D eigenvalue weighted by atomic mass is 32.1. The first-order chi connectivity index (χ1) is 8.70. The molecule has 0 bridgehead atoms. The van der Waals surface area contributed by atoms with E-state index in [1.807, 2.05) is 17.5 Å². The van der Waals surface area contributed by atoms with Crippen LogP contribution in [0.3, 0.4) is 0 Å². The van der Waals surface area contributed by atoms with Crippen molar-refractivity contribution < 1.29 is 0 Å². The third kappa shape index (κ3) is 3.43. The van der Waals surface area contributed by atoms with Gasteiger partial charge in [-0.05, 0) is 33.5 Å². The van der Waals surface area contributed by atoms with Crippen molar-refractivity contribution in [3.05, 3.63) is 11.1 Å². The van der Waals surface area contributed by atoms with Crippen LogP contribution in [0.2, 0.25) is 0 Å². The fourth-order valence-corrected chi connectivity index (χ4v) is 3.26. The summed E-state index contributed by atoms with van der Waals surface area (Å²) in [6.07, 6.45) is 3.26. The molecule has 0 spiro atoms. The fraction of sp³-hybridized carbons (Fsp3) is 0.769. The average Bonchev–Trinajstić information content (AvgIpc) is 2.74. The Morgan fingerprint density at radius 2 is 2.22 bits per heavy atom. The number of nitrogens with zero attached hydrogens (tertiary/aromatic N) is 3. The first-order valence-corrected chi connectivity index (χ1v) is 7.65. The van der Waals surface area contributed by atoms with Gasteiger partial charge in [0.2, 0.25) is 0 Å². The second-order valence-electron chi connectivity index (χ2n) is 4.97. The first kappa shape index (κ1) is 13.8. The Balaban J connectivity index is 2.00. The van der Waals surface area contributed by atoms with E-state index in [9.17, 15) is 0 Å². The molecule has 1 saturated heterocycles. The van der Waals surface area contributed by atoms with E-state index in [0.29, 0.717) is 6.04 Å². The molecule has 18 heavy (non-hydrogen) atoms. The quantitative estimate of drug-likeness (QED) is 0.904. The Labute approximate surface area is 114 Å². The lowest BCUT2D eigenvalue weighted by molar-refractivity contribution is 0.360. The SMILES string of the molecule is CCNC(C)c1cnc(N2CCCN(C)CC2)s1. The largest absolute Gasteiger partial charge is 0.347 e. The highest BCUT2D eigenvalue weighted by Crippen LogP contribution is 2.27. The van der Waals surface area contributed by atoms with Crippen LogP contribution >= 0.6 is 11.3 Å². The van der Waals surface area contributed by atoms with Crippen molar-refractivity contribution in [2.75, 3.05) is 44.7 Å². The molecular formula is C13H24N4S. The second kappa shape index (κ2) is 6.50. The van der Waals surface area contributed by atoms with Crippen LogP contribution in [0.4, 0.5) is 5.13 Å². The molecule has 0 saturated carbocycles. The lowest BCUT2D eigenvalue weighted by Crippen LogP contribution is -2.28. The van der Waals surface area contributed by atoms with Gasteiger partial charge in [0.15, 0.2) is 5.13 Å². The molecule has 0 aromatic carbocycles. The average molecular weight is 268 g/mol. The van der Waals surface area contributed by atoms with Gasteiger partial charge in [-0.15, -0.1) is 11.3 Å². The fourth-order valence-electron chi connectivity index (χ4n) is 2.27. The van der Waals surface area contributed by atoms with Crippen LogP contribution in [0.5, 0.6) is 0 Å². The number of hydrogen-bond donors (Lipinski definition) is 1. The maximum Gasteiger partial charge on any atom is 0.185 e. The highest BCUT2D eigenvalue weighted by molar-refractivity contribution is 7.15. The highest BCUT2D eigenvalue weighted by Gasteiger charge is 2.16. The number of anilines is 1. The Morgan fingerprint density at radius 3 is 3.00 bits per heavy atom. The molecule has 1 atom stereocenters. The molecule has 102 valence electrons. The van der Waals surface area contributed by atoms with Crippen molar-refractivity contribution in [1.82, 2.24) is 15.2 Å². The summed E-state index contributed by atoms with van der Waals surface area (Å²) in [6.45, 7) is 9.91. The zero-order chi connectivity index (χ0) is 13.0. The maximum absolute atomic E-state index is 4.60. The van der Waals surface area contributed by atoms with E-state index in [1.165, 1.54) is 23.0 Å². The lowest BCUT2D eigenvalue weighted by atomic mass is 10.3. The Hall–Kier alpha value is -0.650. The van der Waals surface area contributed by atoms with Crippen molar-refractivity contribution in [3.8, 4) is 0 Å². The summed E-state index contributed by atoms with van der Waals surface area (Å²) in [5.74, 6) is 0. The summed E-state index contributed by atoms with van der Waals surface area (Å²) in [6, 6.07) is 0.413. The smallest absolute Gasteiger partial charge is 0.185 e. The molecule has 1 unspecified atom stereocenters. The number of rotatable bonds is 4. The van der Waals surface area contributed by atoms with Crippen LogP contribution < -0.4 is 10.2 Å². The van der Waals surface area contributed by atoms with Gasteiger partial charge in [-0.2, -0.15) is 0 Å². The van der Waals surface area contributed by atoms with Crippen LogP contribution in [0.1, 0.15) is 31.2 Å². The summed E-state index contributed by atoms with van der Waals surface area (Å²) in [4.78, 5) is 10.8. The molecule has 4 nitrogen and oxygen atoms in total. The molecule has 2 rings (SSSR count). The molecule has 2 heterocycles. The molecule has 0 amide bonds. The predicted molar refractivity (Wildman–Crippen MR) is 78.5 cm³/mol. The monoisotopic (exact) mass is 268 g/mol. The molecule has 1 aliphatic rings. The summed E-state index contributed by atoms with van der Waals surface area (Å²) in [5, 5.41) is 4.63. The van der Waals surface area contributed by atoms with Crippen molar-refractivity contribution in [1.29, 1.82) is 0 Å². The van der Waals surface area contributed by atoms with Gasteiger partial charge in [-0.1, -0.05) is 6.92 Å². The number of thiazole rings is 1. The van der Waals surface area contributed by atoms with Crippen LogP contribution in [0.15, 0.2) is 6.20 Å². The summed E-state index contributed by atoms with van der Waals surface area (Å²) < 4.78 is 0. The van der Waals surface area contributed by atoms with Gasteiger partial charge in [0.05, 0.1) is 0 Å². The van der Waals surface area contributed by atoms with Crippen LogP contribution in [-0.2, 0) is 0 Å². The molecule has 1 aromatic heterocycles. The van der Waals surface area contributed by atoms with Gasteiger partial charge < -0.3 is 15.1 Å². The van der Waals surface area contributed by atoms with Gasteiger partial charge in [0.25, 0.3) is 0 Å². The molecule has 1 aliphatic heterocycles. The van der Waals surface area contributed by atoms with Crippen LogP contribution in [0, 0.1) is 0 Å². The van der Waals surface area contributed by atoms with E-state index in [-0.39, 0.29) is 0 Å². The second-order valence-corrected chi connectivity index (χ2v) is 6.01. The third-order valence-electron chi connectivity index (χ3n) is 3.44. The predicted octanol–water partition coefficient (Wildman–Crippen LogP) is 1.96. The summed E-state index contributed by atoms with van der Waals surface area (Å²) in [7, 11) is 2.20. The molecule has 0 radical (unpaired) electrons. The normalized spacial score (nSPS) is 19.8. The summed E-state index contributed by atoms with van der Waals surface area (Å²) in [5.41, 5.74) is 0. The van der Waals surface area contributed by atoms with Gasteiger partial charge in [0, 0.05) is 36.8 Å². The zero-order valence-corrected chi connectivity index (χ0v) is 12.5. The molecule has 1 aromatic rings. The van der Waals surface area contributed by atoms with E-state index in [4.69, 9.17) is 0 Å². The number of aromatic nitrogens is 1. The number of likely N-dealkylation sites (N-methyl/N-ethyl adjacent to an activating group) is 1. The Bertz CT molecular complexity index is 366. The van der Waals surface area contributed by atoms with E-state index < -0.39 is 0 Å². The van der Waals surface area contributed by atoms with E-state index in [1.54, 1.807) is 0 Å². The van der Waals surface area contributed by atoms with Gasteiger partial charge >= 0.3 is 0 Å². The third-order valence-corrected chi connectivity index (χ3v) is 4.68. The Kier molecular flexibility index (Phi) is 4.97. The Morgan fingerprint density at radius 1 is 1.39 bits per heavy atom. The van der Waals surface area contributed by atoms with Gasteiger partial charge in [0.1, 0.15) is 0 Å². The number of hydrogen-bond acceptors (Lipinski definition) is 5. The van der Waals surface area contributed by atoms with E-state index in [2.05, 4.69) is 41.0 Å². The first-order valence-electron chi connectivity index (χ1n) is 6.83. The molecule has 1 fully saturated rings. The lowest BCUT2D eigenvalue weighted by Gasteiger charge is -2.19. The minimum atomic E-state index is 0.413. The van der Waals surface area contributed by atoms with Crippen molar-refractivity contribution in [3.63, 3.8) is 0 Å². The maximum atomic E-state index is 4.60. The van der Waals surface area contributed by atoms with E-state index in [0.717, 1.165) is 26.2 Å². The molecule has 1 N–H and O–H groups in total. The topological polar surface area (TPSA) is 31.4 Å². The molecular weight excluding hydrogens is 244 g/mol. The standard InChI is InChI=1S/C13H24N4S/c1-4-14-11(2)12-10-15-13(18-12)17-7-5-6-16(3)8-9-17/h10-11,14H,4-9H2,1-3H3. The van der Waals surface area contributed by atoms with Crippen LogP contribution in [-0.4, -0.2) is 49.7 Å². The minimum absolute atomic E-state index is 0.413. The van der Waals surface area contributed by atoms with Crippen molar-refractivity contribution in [2.45, 2.75) is 26.3 Å². The molecule has 5 heteroatoms. The van der Waals surface area contributed by atoms with Crippen molar-refractivity contribution in [2.24, 2.45) is 0 Å². The molecule has 0 aliphatic carbocycles. The minimum Gasteiger partial charge on any atom is -0.347 e. The number of nitrogens with one attached hydrogen (secondary N) is 1. The van der Waals surface area contributed by atoms with Gasteiger partial charge in [-0.3, -0.25) is 0 Å². The van der Waals surface area contributed by atoms with Crippen LogP contribution in [0.25, 0.3) is 0 Å². The van der Waals surface area contributed by atoms with Crippen molar-refractivity contribution >= 4 is 16.5 Å². The summed E-state index contributed by atoms with van der Waals surface area (Å²) >= 11 is 1.83. The van der Waals surface area contributed by atoms with Gasteiger partial charge in [-0.25, -0.2) is 4.98 Å².